The lowest BCUT2D eigenvalue weighted by atomic mass is 10.1. The smallest absolute Gasteiger partial charge is 0.193 e. The molecule has 0 amide bonds. The number of piperidine rings is 1. The first-order valence-corrected chi connectivity index (χ1v) is 8.68. The molecule has 130 valence electrons. The summed E-state index contributed by atoms with van der Waals surface area (Å²) in [6.45, 7) is 10.6. The van der Waals surface area contributed by atoms with Crippen LogP contribution in [0, 0.1) is 5.92 Å². The quantitative estimate of drug-likeness (QED) is 0.601. The lowest BCUT2D eigenvalue weighted by molar-refractivity contribution is 0.108. The van der Waals surface area contributed by atoms with Gasteiger partial charge in [0.1, 0.15) is 12.2 Å². The van der Waals surface area contributed by atoms with E-state index in [1.807, 2.05) is 0 Å². The van der Waals surface area contributed by atoms with Crippen LogP contribution in [0.3, 0.4) is 0 Å². The first-order chi connectivity index (χ1) is 11.1. The van der Waals surface area contributed by atoms with Gasteiger partial charge in [0, 0.05) is 39.1 Å². The molecule has 7 nitrogen and oxygen atoms in total. The molecule has 0 unspecified atom stereocenters. The van der Waals surface area contributed by atoms with Crippen molar-refractivity contribution in [3.63, 3.8) is 0 Å². The Morgan fingerprint density at radius 1 is 1.43 bits per heavy atom. The van der Waals surface area contributed by atoms with Gasteiger partial charge in [0.15, 0.2) is 5.96 Å². The van der Waals surface area contributed by atoms with Crippen LogP contribution in [0.25, 0.3) is 0 Å². The number of rotatable bonds is 6. The minimum atomic E-state index is -0.165. The first-order valence-electron chi connectivity index (χ1n) is 8.68. The number of nitrogens with zero attached hydrogens (tertiary/aromatic N) is 5. The summed E-state index contributed by atoms with van der Waals surface area (Å²) >= 11 is 0. The fourth-order valence-electron chi connectivity index (χ4n) is 2.64. The molecule has 2 heterocycles. The van der Waals surface area contributed by atoms with Gasteiger partial charge < -0.3 is 19.9 Å². The van der Waals surface area contributed by atoms with Crippen LogP contribution in [0.5, 0.6) is 0 Å². The van der Waals surface area contributed by atoms with Gasteiger partial charge in [-0.25, -0.2) is 0 Å². The van der Waals surface area contributed by atoms with E-state index < -0.39 is 0 Å². The van der Waals surface area contributed by atoms with E-state index in [9.17, 15) is 5.11 Å². The molecule has 0 atom stereocenters. The van der Waals surface area contributed by atoms with Crippen LogP contribution in [0.2, 0.25) is 0 Å². The van der Waals surface area contributed by atoms with E-state index in [-0.39, 0.29) is 6.10 Å². The molecule has 0 bridgehead atoms. The summed E-state index contributed by atoms with van der Waals surface area (Å²) in [5.74, 6) is 2.50. The molecule has 1 aliphatic rings. The molecule has 0 radical (unpaired) electrons. The summed E-state index contributed by atoms with van der Waals surface area (Å²) in [4.78, 5) is 6.99. The molecule has 7 heteroatoms. The van der Waals surface area contributed by atoms with Crippen LogP contribution < -0.4 is 5.32 Å². The maximum absolute atomic E-state index is 9.68. The number of guanidine groups is 1. The molecule has 0 saturated carbocycles. The SMILES string of the molecule is CCc1nncn1CCNC(=NCC(C)C)N1CCC(O)CC1. The van der Waals surface area contributed by atoms with Crippen molar-refractivity contribution in [3.8, 4) is 0 Å². The van der Waals surface area contributed by atoms with E-state index >= 15 is 0 Å². The van der Waals surface area contributed by atoms with Crippen molar-refractivity contribution in [1.29, 1.82) is 0 Å². The minimum absolute atomic E-state index is 0.165. The third-order valence-corrected chi connectivity index (χ3v) is 4.02. The molecular formula is C16H30N6O. The number of hydrogen-bond donors (Lipinski definition) is 2. The Hall–Kier alpha value is -1.63. The van der Waals surface area contributed by atoms with Gasteiger partial charge in [-0.2, -0.15) is 0 Å². The summed E-state index contributed by atoms with van der Waals surface area (Å²) in [6.07, 6.45) is 4.13. The third kappa shape index (κ3) is 5.49. The molecular weight excluding hydrogens is 292 g/mol. The maximum atomic E-state index is 9.68. The summed E-state index contributed by atoms with van der Waals surface area (Å²) in [5, 5.41) is 21.2. The maximum Gasteiger partial charge on any atom is 0.193 e. The number of likely N-dealkylation sites (tertiary alicyclic amines) is 1. The highest BCUT2D eigenvalue weighted by molar-refractivity contribution is 5.80. The monoisotopic (exact) mass is 322 g/mol. The van der Waals surface area contributed by atoms with E-state index in [4.69, 9.17) is 4.99 Å². The highest BCUT2D eigenvalue weighted by Gasteiger charge is 2.19. The topological polar surface area (TPSA) is 78.6 Å². The van der Waals surface area contributed by atoms with Crippen LogP contribution >= 0.6 is 0 Å². The summed E-state index contributed by atoms with van der Waals surface area (Å²) in [6, 6.07) is 0. The zero-order valence-corrected chi connectivity index (χ0v) is 14.6. The second-order valence-corrected chi connectivity index (χ2v) is 6.50. The number of aliphatic hydroxyl groups excluding tert-OH is 1. The predicted octanol–water partition coefficient (Wildman–Crippen LogP) is 0.899. The highest BCUT2D eigenvalue weighted by atomic mass is 16.3. The van der Waals surface area contributed by atoms with Crippen molar-refractivity contribution in [2.75, 3.05) is 26.2 Å². The van der Waals surface area contributed by atoms with Crippen LogP contribution in [0.4, 0.5) is 0 Å². The van der Waals surface area contributed by atoms with E-state index in [0.29, 0.717) is 5.92 Å². The third-order valence-electron chi connectivity index (χ3n) is 4.02. The largest absolute Gasteiger partial charge is 0.393 e. The molecule has 0 spiro atoms. The Morgan fingerprint density at radius 3 is 2.83 bits per heavy atom. The number of aromatic nitrogens is 3. The second-order valence-electron chi connectivity index (χ2n) is 6.50. The zero-order valence-electron chi connectivity index (χ0n) is 14.6. The molecule has 1 aliphatic heterocycles. The Kier molecular flexibility index (Phi) is 6.83. The molecule has 2 rings (SSSR count). The summed E-state index contributed by atoms with van der Waals surface area (Å²) < 4.78 is 2.08. The van der Waals surface area contributed by atoms with Crippen molar-refractivity contribution in [3.05, 3.63) is 12.2 Å². The van der Waals surface area contributed by atoms with Gasteiger partial charge in [0.2, 0.25) is 0 Å². The standard InChI is InChI=1S/C16H30N6O/c1-4-15-20-19-12-22(15)10-7-17-16(18-11-13(2)3)21-8-5-14(23)6-9-21/h12-14,23H,4-11H2,1-3H3,(H,17,18). The predicted molar refractivity (Wildman–Crippen MR) is 91.4 cm³/mol. The van der Waals surface area contributed by atoms with Gasteiger partial charge in [-0.1, -0.05) is 20.8 Å². The molecule has 1 fully saturated rings. The van der Waals surface area contributed by atoms with Gasteiger partial charge >= 0.3 is 0 Å². The molecule has 1 saturated heterocycles. The molecule has 0 aromatic carbocycles. The summed E-state index contributed by atoms with van der Waals surface area (Å²) in [5.41, 5.74) is 0. The number of aryl methyl sites for hydroxylation is 1. The van der Waals surface area contributed by atoms with E-state index in [0.717, 1.165) is 63.8 Å². The van der Waals surface area contributed by atoms with Crippen LogP contribution in [-0.4, -0.2) is 63.0 Å². The van der Waals surface area contributed by atoms with E-state index in [2.05, 4.69) is 45.8 Å². The fourth-order valence-corrected chi connectivity index (χ4v) is 2.64. The van der Waals surface area contributed by atoms with Crippen molar-refractivity contribution in [2.45, 2.75) is 52.7 Å². The number of aliphatic imine (C=N–C) groups is 1. The minimum Gasteiger partial charge on any atom is -0.393 e. The lowest BCUT2D eigenvalue weighted by Crippen LogP contribution is -2.47. The second kappa shape index (κ2) is 8.86. The average molecular weight is 322 g/mol. The van der Waals surface area contributed by atoms with Crippen LogP contribution in [0.15, 0.2) is 11.3 Å². The van der Waals surface area contributed by atoms with Crippen molar-refractivity contribution < 1.29 is 5.11 Å². The van der Waals surface area contributed by atoms with Gasteiger partial charge in [-0.15, -0.1) is 10.2 Å². The Morgan fingerprint density at radius 2 is 2.17 bits per heavy atom. The zero-order chi connectivity index (χ0) is 16.7. The molecule has 1 aromatic heterocycles. The van der Waals surface area contributed by atoms with Crippen molar-refractivity contribution in [1.82, 2.24) is 25.0 Å². The van der Waals surface area contributed by atoms with Crippen LogP contribution in [0.1, 0.15) is 39.4 Å². The van der Waals surface area contributed by atoms with E-state index in [1.165, 1.54) is 0 Å². The first kappa shape index (κ1) is 17.7. The van der Waals surface area contributed by atoms with Gasteiger partial charge in [0.05, 0.1) is 6.10 Å². The Bertz CT molecular complexity index is 491. The lowest BCUT2D eigenvalue weighted by Gasteiger charge is -2.32. The number of aliphatic hydroxyl groups is 1. The van der Waals surface area contributed by atoms with Crippen LogP contribution in [-0.2, 0) is 13.0 Å². The fraction of sp³-hybridized carbons (Fsp3) is 0.812. The van der Waals surface area contributed by atoms with Gasteiger partial charge in [0.25, 0.3) is 0 Å². The van der Waals surface area contributed by atoms with Crippen molar-refractivity contribution >= 4 is 5.96 Å². The Balaban J connectivity index is 1.90. The molecule has 1 aromatic rings. The Labute approximate surface area is 138 Å². The number of nitrogens with one attached hydrogen (secondary N) is 1. The number of hydrogen-bond acceptors (Lipinski definition) is 4. The molecule has 0 aliphatic carbocycles. The van der Waals surface area contributed by atoms with Gasteiger partial charge in [-0.3, -0.25) is 4.99 Å². The average Bonchev–Trinajstić information content (AvgIpc) is 2.99. The highest BCUT2D eigenvalue weighted by Crippen LogP contribution is 2.10. The van der Waals surface area contributed by atoms with E-state index in [1.54, 1.807) is 6.33 Å². The normalized spacial score (nSPS) is 17.1. The molecule has 2 N–H and O–H groups in total. The molecule has 23 heavy (non-hydrogen) atoms. The van der Waals surface area contributed by atoms with Gasteiger partial charge in [-0.05, 0) is 18.8 Å². The van der Waals surface area contributed by atoms with Crippen molar-refractivity contribution in [2.24, 2.45) is 10.9 Å². The summed E-state index contributed by atoms with van der Waals surface area (Å²) in [7, 11) is 0.